The monoisotopic (exact) mass is 439 g/mol. The molecule has 0 aliphatic carbocycles. The van der Waals surface area contributed by atoms with Crippen LogP contribution in [-0.2, 0) is 6.54 Å². The van der Waals surface area contributed by atoms with Gasteiger partial charge in [-0.05, 0) is 74.4 Å². The minimum absolute atomic E-state index is 0.225. The van der Waals surface area contributed by atoms with Crippen molar-refractivity contribution >= 4 is 55.8 Å². The average Bonchev–Trinajstić information content (AvgIpc) is 2.32. The molecule has 0 amide bonds. The van der Waals surface area contributed by atoms with Crippen molar-refractivity contribution < 1.29 is 4.39 Å². The predicted molar refractivity (Wildman–Crippen MR) is 85.6 cm³/mol. The van der Waals surface area contributed by atoms with E-state index >= 15 is 0 Å². The molecule has 2 rings (SSSR count). The zero-order valence-electron chi connectivity index (χ0n) is 9.18. The summed E-state index contributed by atoms with van der Waals surface area (Å²) < 4.78 is 14.7. The highest BCUT2D eigenvalue weighted by molar-refractivity contribution is 14.1. The van der Waals surface area contributed by atoms with Crippen molar-refractivity contribution in [2.75, 3.05) is 5.32 Å². The van der Waals surface area contributed by atoms with Gasteiger partial charge in [-0.1, -0.05) is 17.7 Å². The van der Waals surface area contributed by atoms with Crippen LogP contribution in [0.3, 0.4) is 0 Å². The third-order valence-corrected chi connectivity index (χ3v) is 4.52. The lowest BCUT2D eigenvalue weighted by Gasteiger charge is -2.09. The van der Waals surface area contributed by atoms with E-state index in [0.29, 0.717) is 11.6 Å². The van der Waals surface area contributed by atoms with Gasteiger partial charge in [0.15, 0.2) is 0 Å². The van der Waals surface area contributed by atoms with Gasteiger partial charge in [0, 0.05) is 20.3 Å². The van der Waals surface area contributed by atoms with E-state index in [9.17, 15) is 4.39 Å². The van der Waals surface area contributed by atoms with Crippen LogP contribution in [0.5, 0.6) is 0 Å². The van der Waals surface area contributed by atoms with E-state index in [1.165, 1.54) is 12.1 Å². The van der Waals surface area contributed by atoms with Gasteiger partial charge in [-0.25, -0.2) is 4.39 Å². The fourth-order valence-electron chi connectivity index (χ4n) is 1.48. The summed E-state index contributed by atoms with van der Waals surface area (Å²) in [6, 6.07) is 10.5. The molecule has 0 saturated carbocycles. The molecule has 0 spiro atoms. The summed E-state index contributed by atoms with van der Waals surface area (Å²) in [6.07, 6.45) is 0. The summed E-state index contributed by atoms with van der Waals surface area (Å²) in [7, 11) is 0. The first kappa shape index (κ1) is 14.1. The highest BCUT2D eigenvalue weighted by Crippen LogP contribution is 2.24. The zero-order valence-corrected chi connectivity index (χ0v) is 13.7. The van der Waals surface area contributed by atoms with E-state index in [0.717, 1.165) is 19.3 Å². The maximum absolute atomic E-state index is 13.0. The maximum atomic E-state index is 13.0. The molecule has 2 aromatic carbocycles. The van der Waals surface area contributed by atoms with Gasteiger partial charge in [0.25, 0.3) is 0 Å². The van der Waals surface area contributed by atoms with Gasteiger partial charge in [0.05, 0.1) is 5.02 Å². The van der Waals surface area contributed by atoms with E-state index in [-0.39, 0.29) is 5.82 Å². The number of rotatable bonds is 3. The number of halogens is 4. The molecule has 0 aromatic heterocycles. The summed E-state index contributed by atoms with van der Waals surface area (Å²) in [5.74, 6) is -0.225. The Hall–Kier alpha value is -0.330. The van der Waals surface area contributed by atoms with Gasteiger partial charge in [-0.2, -0.15) is 0 Å². The fourth-order valence-corrected chi connectivity index (χ4v) is 2.60. The molecule has 0 heterocycles. The molecule has 94 valence electrons. The Bertz CT molecular complexity index is 577. The molecular weight excluding hydrogens is 431 g/mol. The minimum Gasteiger partial charge on any atom is -0.380 e. The summed E-state index contributed by atoms with van der Waals surface area (Å²) in [5.41, 5.74) is 1.99. The van der Waals surface area contributed by atoms with Crippen LogP contribution in [-0.4, -0.2) is 0 Å². The third-order valence-electron chi connectivity index (χ3n) is 2.40. The number of hydrogen-bond donors (Lipinski definition) is 1. The van der Waals surface area contributed by atoms with Gasteiger partial charge >= 0.3 is 0 Å². The normalized spacial score (nSPS) is 10.4. The molecule has 0 atom stereocenters. The maximum Gasteiger partial charge on any atom is 0.124 e. The lowest BCUT2D eigenvalue weighted by Crippen LogP contribution is -2.01. The van der Waals surface area contributed by atoms with Crippen LogP contribution < -0.4 is 5.32 Å². The Kier molecular flexibility index (Phi) is 4.86. The van der Waals surface area contributed by atoms with E-state index in [2.05, 4.69) is 43.8 Å². The molecule has 5 heteroatoms. The Morgan fingerprint density at radius 3 is 2.67 bits per heavy atom. The SMILES string of the molecule is Fc1ccc(NCc2ccc(Br)c(Cl)c2)c(I)c1. The van der Waals surface area contributed by atoms with Crippen molar-refractivity contribution in [3.63, 3.8) is 0 Å². The quantitative estimate of drug-likeness (QED) is 0.625. The van der Waals surface area contributed by atoms with Crippen molar-refractivity contribution in [3.8, 4) is 0 Å². The minimum atomic E-state index is -0.225. The van der Waals surface area contributed by atoms with Crippen LogP contribution in [0.15, 0.2) is 40.9 Å². The number of hydrogen-bond acceptors (Lipinski definition) is 1. The number of anilines is 1. The van der Waals surface area contributed by atoms with Gasteiger partial charge in [0.1, 0.15) is 5.82 Å². The first-order valence-corrected chi connectivity index (χ1v) is 7.44. The van der Waals surface area contributed by atoms with E-state index < -0.39 is 0 Å². The first-order valence-electron chi connectivity index (χ1n) is 5.19. The summed E-state index contributed by atoms with van der Waals surface area (Å²) in [6.45, 7) is 0.647. The Morgan fingerprint density at radius 1 is 1.22 bits per heavy atom. The van der Waals surface area contributed by atoms with Gasteiger partial charge < -0.3 is 5.32 Å². The summed E-state index contributed by atoms with van der Waals surface area (Å²) in [5, 5.41) is 3.94. The topological polar surface area (TPSA) is 12.0 Å². The molecule has 1 nitrogen and oxygen atoms in total. The standard InChI is InChI=1S/C13H9BrClFIN/c14-10-3-1-8(5-11(10)15)7-18-13-4-2-9(16)6-12(13)17/h1-6,18H,7H2. The Balaban J connectivity index is 2.09. The molecule has 18 heavy (non-hydrogen) atoms. The van der Waals surface area contributed by atoms with Crippen LogP contribution >= 0.6 is 50.1 Å². The predicted octanol–water partition coefficient (Wildman–Crippen LogP) is 5.46. The molecule has 2 aromatic rings. The third kappa shape index (κ3) is 3.59. The van der Waals surface area contributed by atoms with E-state index in [4.69, 9.17) is 11.6 Å². The van der Waals surface area contributed by atoms with Crippen LogP contribution in [0.1, 0.15) is 5.56 Å². The van der Waals surface area contributed by atoms with Gasteiger partial charge in [-0.15, -0.1) is 0 Å². The molecule has 0 radical (unpaired) electrons. The highest BCUT2D eigenvalue weighted by Gasteiger charge is 2.02. The van der Waals surface area contributed by atoms with Crippen molar-refractivity contribution in [2.45, 2.75) is 6.54 Å². The van der Waals surface area contributed by atoms with Crippen molar-refractivity contribution in [2.24, 2.45) is 0 Å². The van der Waals surface area contributed by atoms with Crippen molar-refractivity contribution in [3.05, 3.63) is 60.8 Å². The molecule has 0 bridgehead atoms. The second-order valence-corrected chi connectivity index (χ2v) is 6.15. The number of benzene rings is 2. The average molecular weight is 440 g/mol. The van der Waals surface area contributed by atoms with Crippen LogP contribution in [0, 0.1) is 9.39 Å². The molecular formula is C13H9BrClFIN. The zero-order chi connectivity index (χ0) is 13.1. The van der Waals surface area contributed by atoms with E-state index in [1.54, 1.807) is 6.07 Å². The van der Waals surface area contributed by atoms with E-state index in [1.807, 2.05) is 18.2 Å². The van der Waals surface area contributed by atoms with Crippen molar-refractivity contribution in [1.29, 1.82) is 0 Å². The second kappa shape index (κ2) is 6.21. The smallest absolute Gasteiger partial charge is 0.124 e. The number of nitrogens with one attached hydrogen (secondary N) is 1. The highest BCUT2D eigenvalue weighted by atomic mass is 127. The molecule has 0 aliphatic heterocycles. The molecule has 0 unspecified atom stereocenters. The second-order valence-electron chi connectivity index (χ2n) is 3.73. The molecule has 1 N–H and O–H groups in total. The Labute approximate surface area is 132 Å². The molecule has 0 aliphatic rings. The largest absolute Gasteiger partial charge is 0.380 e. The summed E-state index contributed by atoms with van der Waals surface area (Å²) >= 11 is 11.5. The van der Waals surface area contributed by atoms with Crippen LogP contribution in [0.4, 0.5) is 10.1 Å². The fraction of sp³-hybridized carbons (Fsp3) is 0.0769. The lowest BCUT2D eigenvalue weighted by molar-refractivity contribution is 0.627. The molecule has 0 saturated heterocycles. The van der Waals surface area contributed by atoms with Gasteiger partial charge in [0.2, 0.25) is 0 Å². The lowest BCUT2D eigenvalue weighted by atomic mass is 10.2. The van der Waals surface area contributed by atoms with Crippen LogP contribution in [0.25, 0.3) is 0 Å². The van der Waals surface area contributed by atoms with Gasteiger partial charge in [-0.3, -0.25) is 0 Å². The summed E-state index contributed by atoms with van der Waals surface area (Å²) in [4.78, 5) is 0. The Morgan fingerprint density at radius 2 is 2.00 bits per heavy atom. The molecule has 0 fully saturated rings. The van der Waals surface area contributed by atoms with Crippen LogP contribution in [0.2, 0.25) is 5.02 Å². The van der Waals surface area contributed by atoms with Crippen molar-refractivity contribution in [1.82, 2.24) is 0 Å². The first-order chi connectivity index (χ1) is 8.56.